The molecule has 27 heavy (non-hydrogen) atoms. The normalized spacial score (nSPS) is 62.4. The van der Waals surface area contributed by atoms with Crippen LogP contribution in [-0.2, 0) is 4.74 Å². The van der Waals surface area contributed by atoms with E-state index >= 15 is 0 Å². The molecule has 2 aliphatic heterocycles. The van der Waals surface area contributed by atoms with Crippen LogP contribution in [-0.4, -0.2) is 47.4 Å². The second kappa shape index (κ2) is 5.52. The molecule has 0 radical (unpaired) electrons. The second-order valence-electron chi connectivity index (χ2n) is 12.0. The zero-order valence-electron chi connectivity index (χ0n) is 17.6. The minimum absolute atomic E-state index is 0.109. The molecule has 0 aromatic rings. The van der Waals surface area contributed by atoms with Gasteiger partial charge in [-0.25, -0.2) is 0 Å². The van der Waals surface area contributed by atoms with E-state index in [0.29, 0.717) is 29.1 Å². The van der Waals surface area contributed by atoms with Crippen molar-refractivity contribution in [2.75, 3.05) is 13.1 Å². The first kappa shape index (κ1) is 17.7. The van der Waals surface area contributed by atoms with Crippen molar-refractivity contribution in [2.45, 2.75) is 103 Å². The van der Waals surface area contributed by atoms with Crippen LogP contribution in [0.2, 0.25) is 0 Å². The fraction of sp³-hybridized carbons (Fsp3) is 1.00. The van der Waals surface area contributed by atoms with E-state index in [0.717, 1.165) is 17.8 Å². The van der Waals surface area contributed by atoms with Gasteiger partial charge in [0.05, 0.1) is 18.3 Å². The predicted octanol–water partition coefficient (Wildman–Crippen LogP) is 4.23. The van der Waals surface area contributed by atoms with E-state index in [4.69, 9.17) is 4.74 Å². The SMILES string of the molecule is CC12C[C@@H](N3CCCC3)[C@@H](O)[C@@]1(C)CCC1C2CCC2C[C@@H]3O[C@@H]3C[C@@]21C. The van der Waals surface area contributed by atoms with Gasteiger partial charge in [-0.1, -0.05) is 20.8 Å². The number of rotatable bonds is 1. The van der Waals surface area contributed by atoms with Crippen molar-refractivity contribution in [2.24, 2.45) is 34.0 Å². The quantitative estimate of drug-likeness (QED) is 0.699. The number of aliphatic hydroxyl groups is 1. The maximum atomic E-state index is 11.5. The van der Waals surface area contributed by atoms with Gasteiger partial charge in [0.2, 0.25) is 0 Å². The molecule has 0 aromatic heterocycles. The lowest BCUT2D eigenvalue weighted by molar-refractivity contribution is -0.160. The first-order chi connectivity index (χ1) is 12.9. The summed E-state index contributed by atoms with van der Waals surface area (Å²) in [5.74, 6) is 2.54. The highest BCUT2D eigenvalue weighted by atomic mass is 16.6. The summed E-state index contributed by atoms with van der Waals surface area (Å²) < 4.78 is 6.00. The minimum Gasteiger partial charge on any atom is -0.391 e. The topological polar surface area (TPSA) is 36.0 Å². The molecule has 6 aliphatic rings. The number of aliphatic hydroxyl groups excluding tert-OH is 1. The third-order valence-electron chi connectivity index (χ3n) is 11.3. The fourth-order valence-corrected chi connectivity index (χ4v) is 9.36. The molecule has 3 heteroatoms. The molecule has 0 spiro atoms. The molecule has 152 valence electrons. The van der Waals surface area contributed by atoms with Gasteiger partial charge in [-0.15, -0.1) is 0 Å². The van der Waals surface area contributed by atoms with E-state index < -0.39 is 0 Å². The minimum atomic E-state index is -0.130. The molecule has 2 heterocycles. The Bertz CT molecular complexity index is 632. The van der Waals surface area contributed by atoms with Crippen molar-refractivity contribution < 1.29 is 9.84 Å². The molecular formula is C24H39NO2. The Balaban J connectivity index is 1.34. The third kappa shape index (κ3) is 2.15. The molecule has 6 fully saturated rings. The molecule has 4 unspecified atom stereocenters. The first-order valence-electron chi connectivity index (χ1n) is 11.9. The fourth-order valence-electron chi connectivity index (χ4n) is 9.36. The molecule has 4 saturated carbocycles. The number of hydrogen-bond acceptors (Lipinski definition) is 3. The summed E-state index contributed by atoms with van der Waals surface area (Å²) >= 11 is 0. The lowest BCUT2D eigenvalue weighted by Crippen LogP contribution is -2.58. The lowest BCUT2D eigenvalue weighted by atomic mass is 9.41. The number of hydrogen-bond donors (Lipinski definition) is 1. The Labute approximate surface area is 165 Å². The Morgan fingerprint density at radius 2 is 1.67 bits per heavy atom. The van der Waals surface area contributed by atoms with Crippen molar-refractivity contribution in [1.82, 2.24) is 4.90 Å². The van der Waals surface area contributed by atoms with E-state index in [-0.39, 0.29) is 11.5 Å². The third-order valence-corrected chi connectivity index (χ3v) is 11.3. The van der Waals surface area contributed by atoms with Crippen LogP contribution in [0.25, 0.3) is 0 Å². The molecular weight excluding hydrogens is 334 g/mol. The number of likely N-dealkylation sites (tertiary alicyclic amines) is 1. The van der Waals surface area contributed by atoms with Crippen LogP contribution in [0, 0.1) is 34.0 Å². The maximum Gasteiger partial charge on any atom is 0.0847 e. The van der Waals surface area contributed by atoms with Gasteiger partial charge in [0.25, 0.3) is 0 Å². The van der Waals surface area contributed by atoms with Gasteiger partial charge < -0.3 is 9.84 Å². The summed E-state index contributed by atoms with van der Waals surface area (Å²) in [6, 6.07) is 0.411. The van der Waals surface area contributed by atoms with E-state index in [1.807, 2.05) is 0 Å². The van der Waals surface area contributed by atoms with Gasteiger partial charge in [-0.2, -0.15) is 0 Å². The highest BCUT2D eigenvalue weighted by Crippen LogP contribution is 2.72. The number of fused-ring (bicyclic) bond motifs is 6. The maximum absolute atomic E-state index is 11.5. The summed E-state index contributed by atoms with van der Waals surface area (Å²) in [6.45, 7) is 10.1. The Hall–Kier alpha value is -0.120. The molecule has 2 saturated heterocycles. The van der Waals surface area contributed by atoms with Gasteiger partial charge >= 0.3 is 0 Å². The average molecular weight is 374 g/mol. The standard InChI is InChI=1S/C24H39NO2/c1-22-14-20-19(27-20)12-15(22)6-7-17-16(22)8-9-23(2)21(26)18(13-24(17,23)3)25-10-4-5-11-25/h15-21,26H,4-14H2,1-3H3/t15?,16?,17?,18-,19+,20-,21-,22+,23-,24?/m1/s1. The van der Waals surface area contributed by atoms with Crippen LogP contribution in [0.15, 0.2) is 0 Å². The van der Waals surface area contributed by atoms with Gasteiger partial charge in [-0.05, 0) is 99.5 Å². The second-order valence-corrected chi connectivity index (χ2v) is 12.0. The molecule has 4 aliphatic carbocycles. The molecule has 0 bridgehead atoms. The number of nitrogens with zero attached hydrogens (tertiary/aromatic N) is 1. The molecule has 0 aromatic carbocycles. The first-order valence-corrected chi connectivity index (χ1v) is 11.9. The van der Waals surface area contributed by atoms with E-state index in [1.54, 1.807) is 0 Å². The Morgan fingerprint density at radius 1 is 0.889 bits per heavy atom. The number of epoxide rings is 1. The predicted molar refractivity (Wildman–Crippen MR) is 106 cm³/mol. The monoisotopic (exact) mass is 373 g/mol. The Morgan fingerprint density at radius 3 is 2.44 bits per heavy atom. The molecule has 1 N–H and O–H groups in total. The van der Waals surface area contributed by atoms with Gasteiger partial charge in [-0.3, -0.25) is 4.90 Å². The van der Waals surface area contributed by atoms with Gasteiger partial charge in [0.15, 0.2) is 0 Å². The molecule has 0 amide bonds. The highest BCUT2D eigenvalue weighted by molar-refractivity contribution is 5.19. The summed E-state index contributed by atoms with van der Waals surface area (Å²) in [7, 11) is 0. The smallest absolute Gasteiger partial charge is 0.0847 e. The van der Waals surface area contributed by atoms with Crippen LogP contribution in [0.1, 0.15) is 78.6 Å². The summed E-state index contributed by atoms with van der Waals surface area (Å²) in [5.41, 5.74) is 0.900. The molecule has 10 atom stereocenters. The van der Waals surface area contributed by atoms with Crippen LogP contribution in [0.5, 0.6) is 0 Å². The highest BCUT2D eigenvalue weighted by Gasteiger charge is 2.69. The van der Waals surface area contributed by atoms with Gasteiger partial charge in [0, 0.05) is 11.5 Å². The largest absolute Gasteiger partial charge is 0.391 e. The summed E-state index contributed by atoms with van der Waals surface area (Å²) in [4.78, 5) is 2.64. The van der Waals surface area contributed by atoms with E-state index in [1.165, 1.54) is 70.9 Å². The van der Waals surface area contributed by atoms with Crippen molar-refractivity contribution in [1.29, 1.82) is 0 Å². The summed E-state index contributed by atoms with van der Waals surface area (Å²) in [5, 5.41) is 11.5. The van der Waals surface area contributed by atoms with E-state index in [9.17, 15) is 5.11 Å². The summed E-state index contributed by atoms with van der Waals surface area (Å²) in [6.07, 6.45) is 13.0. The Kier molecular flexibility index (Phi) is 3.62. The lowest BCUT2D eigenvalue weighted by Gasteiger charge is -2.63. The zero-order chi connectivity index (χ0) is 18.6. The van der Waals surface area contributed by atoms with Crippen LogP contribution in [0.3, 0.4) is 0 Å². The molecule has 6 rings (SSSR count). The van der Waals surface area contributed by atoms with Crippen LogP contribution in [0.4, 0.5) is 0 Å². The van der Waals surface area contributed by atoms with Crippen LogP contribution < -0.4 is 0 Å². The van der Waals surface area contributed by atoms with Crippen molar-refractivity contribution in [3.05, 3.63) is 0 Å². The van der Waals surface area contributed by atoms with E-state index in [2.05, 4.69) is 25.7 Å². The van der Waals surface area contributed by atoms with Gasteiger partial charge in [0.1, 0.15) is 0 Å². The number of ether oxygens (including phenoxy) is 1. The van der Waals surface area contributed by atoms with Crippen molar-refractivity contribution >= 4 is 0 Å². The molecule has 3 nitrogen and oxygen atoms in total. The van der Waals surface area contributed by atoms with Crippen LogP contribution >= 0.6 is 0 Å². The zero-order valence-corrected chi connectivity index (χ0v) is 17.6. The average Bonchev–Trinajstić information content (AvgIpc) is 3.08. The van der Waals surface area contributed by atoms with Crippen molar-refractivity contribution in [3.8, 4) is 0 Å². The van der Waals surface area contributed by atoms with Crippen molar-refractivity contribution in [3.63, 3.8) is 0 Å².